The second-order valence-corrected chi connectivity index (χ2v) is 4.77. The van der Waals surface area contributed by atoms with Gasteiger partial charge in [0, 0.05) is 18.9 Å². The summed E-state index contributed by atoms with van der Waals surface area (Å²) < 4.78 is 11.0. The van der Waals surface area contributed by atoms with Gasteiger partial charge < -0.3 is 24.7 Å². The molecule has 0 fully saturated rings. The van der Waals surface area contributed by atoms with Gasteiger partial charge in [0.2, 0.25) is 5.91 Å². The monoisotopic (exact) mass is 308 g/mol. The number of carboxylic acid groups (broad SMARTS) is 1. The molecule has 22 heavy (non-hydrogen) atoms. The molecule has 0 atom stereocenters. The molecule has 1 aromatic carbocycles. The van der Waals surface area contributed by atoms with Crippen molar-refractivity contribution in [2.75, 3.05) is 20.3 Å². The Balaban J connectivity index is 2.57. The van der Waals surface area contributed by atoms with E-state index in [1.165, 1.54) is 0 Å². The SMILES string of the molecule is CCCOc1c(CCNC(=O)CCC(=O)[O-])cccc1OC. The van der Waals surface area contributed by atoms with Crippen LogP contribution in [0.25, 0.3) is 0 Å². The number of ether oxygens (including phenoxy) is 2. The van der Waals surface area contributed by atoms with Crippen LogP contribution in [0.15, 0.2) is 18.2 Å². The number of carbonyl (C=O) groups is 2. The summed E-state index contributed by atoms with van der Waals surface area (Å²) in [4.78, 5) is 21.8. The maximum absolute atomic E-state index is 11.5. The number of carbonyl (C=O) groups excluding carboxylic acids is 2. The molecule has 0 aliphatic carbocycles. The van der Waals surface area contributed by atoms with Gasteiger partial charge in [0.05, 0.1) is 13.7 Å². The van der Waals surface area contributed by atoms with Crippen molar-refractivity contribution in [2.24, 2.45) is 0 Å². The third-order valence-electron chi connectivity index (χ3n) is 3.00. The van der Waals surface area contributed by atoms with Crippen molar-refractivity contribution in [1.82, 2.24) is 5.32 Å². The van der Waals surface area contributed by atoms with Crippen LogP contribution in [0, 0.1) is 0 Å². The van der Waals surface area contributed by atoms with Crippen LogP contribution < -0.4 is 19.9 Å². The quantitative estimate of drug-likeness (QED) is 0.686. The lowest BCUT2D eigenvalue weighted by Gasteiger charge is -2.15. The van der Waals surface area contributed by atoms with Crippen LogP contribution in [-0.4, -0.2) is 32.1 Å². The number of aliphatic carboxylic acids is 1. The number of carboxylic acids is 1. The largest absolute Gasteiger partial charge is 0.550 e. The van der Waals surface area contributed by atoms with Gasteiger partial charge in [-0.05, 0) is 30.9 Å². The Morgan fingerprint density at radius 1 is 1.27 bits per heavy atom. The van der Waals surface area contributed by atoms with Crippen molar-refractivity contribution in [3.8, 4) is 11.5 Å². The summed E-state index contributed by atoms with van der Waals surface area (Å²) in [6.07, 6.45) is 1.13. The number of nitrogens with one attached hydrogen (secondary N) is 1. The number of hydrogen-bond acceptors (Lipinski definition) is 5. The first kappa shape index (κ1) is 17.8. The zero-order chi connectivity index (χ0) is 16.4. The van der Waals surface area contributed by atoms with E-state index in [-0.39, 0.29) is 18.7 Å². The summed E-state index contributed by atoms with van der Waals surface area (Å²) in [7, 11) is 1.58. The lowest BCUT2D eigenvalue weighted by Crippen LogP contribution is -2.29. The van der Waals surface area contributed by atoms with Crippen LogP contribution in [0.2, 0.25) is 0 Å². The van der Waals surface area contributed by atoms with E-state index in [1.807, 2.05) is 25.1 Å². The van der Waals surface area contributed by atoms with E-state index in [2.05, 4.69) is 5.32 Å². The zero-order valence-electron chi connectivity index (χ0n) is 13.0. The summed E-state index contributed by atoms with van der Waals surface area (Å²) in [5, 5.41) is 13.0. The number of rotatable bonds is 10. The van der Waals surface area contributed by atoms with Gasteiger partial charge in [0.15, 0.2) is 11.5 Å². The summed E-state index contributed by atoms with van der Waals surface area (Å²) in [6.45, 7) is 3.01. The molecular formula is C16H22NO5-. The van der Waals surface area contributed by atoms with E-state index >= 15 is 0 Å². The molecule has 6 nitrogen and oxygen atoms in total. The molecule has 0 saturated heterocycles. The summed E-state index contributed by atoms with van der Waals surface area (Å²) in [6, 6.07) is 5.61. The predicted octanol–water partition coefficient (Wildman–Crippen LogP) is 0.673. The smallest absolute Gasteiger partial charge is 0.220 e. The first-order valence-corrected chi connectivity index (χ1v) is 7.33. The Morgan fingerprint density at radius 3 is 2.68 bits per heavy atom. The molecule has 0 unspecified atom stereocenters. The van der Waals surface area contributed by atoms with Gasteiger partial charge in [-0.2, -0.15) is 0 Å². The normalized spacial score (nSPS) is 10.1. The van der Waals surface area contributed by atoms with Gasteiger partial charge in [0.25, 0.3) is 0 Å². The van der Waals surface area contributed by atoms with Gasteiger partial charge in [-0.1, -0.05) is 19.1 Å². The second kappa shape index (κ2) is 9.65. The highest BCUT2D eigenvalue weighted by atomic mass is 16.5. The molecule has 0 spiro atoms. The third kappa shape index (κ3) is 6.03. The highest BCUT2D eigenvalue weighted by Crippen LogP contribution is 2.31. The van der Waals surface area contributed by atoms with E-state index in [0.29, 0.717) is 31.1 Å². The predicted molar refractivity (Wildman–Crippen MR) is 79.7 cm³/mol. The van der Waals surface area contributed by atoms with Crippen molar-refractivity contribution in [3.63, 3.8) is 0 Å². The van der Waals surface area contributed by atoms with Crippen molar-refractivity contribution in [1.29, 1.82) is 0 Å². The highest BCUT2D eigenvalue weighted by Gasteiger charge is 2.10. The van der Waals surface area contributed by atoms with Gasteiger partial charge in [-0.3, -0.25) is 4.79 Å². The Hall–Kier alpha value is -2.24. The van der Waals surface area contributed by atoms with Crippen LogP contribution in [0.3, 0.4) is 0 Å². The minimum atomic E-state index is -1.22. The van der Waals surface area contributed by atoms with E-state index in [4.69, 9.17) is 9.47 Å². The molecule has 6 heteroatoms. The fourth-order valence-electron chi connectivity index (χ4n) is 1.93. The van der Waals surface area contributed by atoms with Gasteiger partial charge >= 0.3 is 0 Å². The average Bonchev–Trinajstić information content (AvgIpc) is 2.51. The Kier molecular flexibility index (Phi) is 7.81. The molecule has 1 aromatic rings. The minimum absolute atomic E-state index is 0.0698. The molecule has 0 bridgehead atoms. The van der Waals surface area contributed by atoms with Crippen LogP contribution in [0.4, 0.5) is 0 Å². The van der Waals surface area contributed by atoms with E-state index in [1.54, 1.807) is 7.11 Å². The minimum Gasteiger partial charge on any atom is -0.550 e. The Bertz CT molecular complexity index is 501. The number of benzene rings is 1. The van der Waals surface area contributed by atoms with Crippen LogP contribution in [0.5, 0.6) is 11.5 Å². The summed E-state index contributed by atoms with van der Waals surface area (Å²) in [5.74, 6) is -0.175. The second-order valence-electron chi connectivity index (χ2n) is 4.77. The Morgan fingerprint density at radius 2 is 2.05 bits per heavy atom. The topological polar surface area (TPSA) is 87.7 Å². The number of hydrogen-bond donors (Lipinski definition) is 1. The lowest BCUT2D eigenvalue weighted by molar-refractivity contribution is -0.305. The maximum Gasteiger partial charge on any atom is 0.220 e. The Labute approximate surface area is 130 Å². The molecule has 1 rings (SSSR count). The first-order valence-electron chi connectivity index (χ1n) is 7.33. The molecule has 0 radical (unpaired) electrons. The lowest BCUT2D eigenvalue weighted by atomic mass is 10.1. The number of para-hydroxylation sites is 1. The molecule has 1 amide bonds. The number of methoxy groups -OCH3 is 1. The average molecular weight is 308 g/mol. The van der Waals surface area contributed by atoms with Crippen LogP contribution in [-0.2, 0) is 16.0 Å². The first-order chi connectivity index (χ1) is 10.6. The third-order valence-corrected chi connectivity index (χ3v) is 3.00. The molecule has 0 aliphatic rings. The van der Waals surface area contributed by atoms with Crippen molar-refractivity contribution in [3.05, 3.63) is 23.8 Å². The van der Waals surface area contributed by atoms with Gasteiger partial charge in [-0.15, -0.1) is 0 Å². The van der Waals surface area contributed by atoms with E-state index in [9.17, 15) is 14.7 Å². The van der Waals surface area contributed by atoms with Crippen molar-refractivity contribution in [2.45, 2.75) is 32.6 Å². The van der Waals surface area contributed by atoms with Crippen LogP contribution >= 0.6 is 0 Å². The fourth-order valence-corrected chi connectivity index (χ4v) is 1.93. The number of amides is 1. The standard InChI is InChI=1S/C16H23NO5/c1-3-11-22-16-12(5-4-6-13(16)21-2)9-10-17-14(18)7-8-15(19)20/h4-6H,3,7-11H2,1-2H3,(H,17,18)(H,19,20)/p-1. The van der Waals surface area contributed by atoms with Gasteiger partial charge in [-0.25, -0.2) is 0 Å². The van der Waals surface area contributed by atoms with E-state index < -0.39 is 5.97 Å². The summed E-state index contributed by atoms with van der Waals surface area (Å²) in [5.41, 5.74) is 0.938. The summed E-state index contributed by atoms with van der Waals surface area (Å²) >= 11 is 0. The highest BCUT2D eigenvalue weighted by molar-refractivity contribution is 5.79. The van der Waals surface area contributed by atoms with Crippen molar-refractivity contribution >= 4 is 11.9 Å². The van der Waals surface area contributed by atoms with E-state index in [0.717, 1.165) is 12.0 Å². The molecule has 122 valence electrons. The molecule has 0 aromatic heterocycles. The molecule has 1 N–H and O–H groups in total. The molecular weight excluding hydrogens is 286 g/mol. The van der Waals surface area contributed by atoms with Crippen LogP contribution in [0.1, 0.15) is 31.7 Å². The molecule has 0 heterocycles. The molecule has 0 aliphatic heterocycles. The molecule has 0 saturated carbocycles. The maximum atomic E-state index is 11.5. The van der Waals surface area contributed by atoms with Crippen molar-refractivity contribution < 1.29 is 24.2 Å². The van der Waals surface area contributed by atoms with Gasteiger partial charge in [0.1, 0.15) is 0 Å². The zero-order valence-corrected chi connectivity index (χ0v) is 13.0. The fraction of sp³-hybridized carbons (Fsp3) is 0.500.